The second kappa shape index (κ2) is 9.58. The van der Waals surface area contributed by atoms with Gasteiger partial charge in [0.15, 0.2) is 0 Å². The molecule has 2 heterocycles. The van der Waals surface area contributed by atoms with E-state index in [4.69, 9.17) is 4.99 Å². The normalized spacial score (nSPS) is 19.6. The summed E-state index contributed by atoms with van der Waals surface area (Å²) in [6.45, 7) is 12.0. The molecule has 2 aromatic rings. The molecule has 1 saturated carbocycles. The monoisotopic (exact) mass is 449 g/mol. The first-order valence-electron chi connectivity index (χ1n) is 12.8. The van der Waals surface area contributed by atoms with Crippen LogP contribution in [0.1, 0.15) is 68.7 Å². The van der Waals surface area contributed by atoms with Crippen LogP contribution in [0, 0.1) is 0 Å². The molecule has 34 heavy (non-hydrogen) atoms. The summed E-state index contributed by atoms with van der Waals surface area (Å²) in [5, 5.41) is 0. The lowest BCUT2D eigenvalue weighted by atomic mass is 9.87. The number of hydrogen-bond donors (Lipinski definition) is 0. The molecule has 3 nitrogen and oxygen atoms in total. The van der Waals surface area contributed by atoms with E-state index in [0.717, 1.165) is 61.3 Å². The molecule has 0 atom stereocenters. The van der Waals surface area contributed by atoms with Crippen LogP contribution in [0.3, 0.4) is 0 Å². The molecular weight excluding hydrogens is 414 g/mol. The molecular formula is C31H35N3. The molecule has 0 unspecified atom stereocenters. The van der Waals surface area contributed by atoms with Crippen LogP contribution in [-0.4, -0.2) is 27.8 Å². The van der Waals surface area contributed by atoms with Crippen molar-refractivity contribution in [3.63, 3.8) is 0 Å². The predicted octanol–water partition coefficient (Wildman–Crippen LogP) is 7.28. The summed E-state index contributed by atoms with van der Waals surface area (Å²) in [4.78, 5) is 12.4. The van der Waals surface area contributed by atoms with Crippen LogP contribution >= 0.6 is 0 Å². The number of rotatable bonds is 6. The average molecular weight is 450 g/mol. The van der Waals surface area contributed by atoms with Gasteiger partial charge >= 0.3 is 0 Å². The third-order valence-electron chi connectivity index (χ3n) is 7.57. The fourth-order valence-electron chi connectivity index (χ4n) is 5.57. The Morgan fingerprint density at radius 2 is 1.85 bits per heavy atom. The summed E-state index contributed by atoms with van der Waals surface area (Å²) < 4.78 is 0. The molecule has 0 radical (unpaired) electrons. The molecule has 1 aromatic carbocycles. The Morgan fingerprint density at radius 1 is 1.06 bits per heavy atom. The Balaban J connectivity index is 1.41. The fourth-order valence-corrected chi connectivity index (χ4v) is 5.57. The van der Waals surface area contributed by atoms with Crippen molar-refractivity contribution in [1.29, 1.82) is 0 Å². The number of aromatic nitrogens is 1. The van der Waals surface area contributed by atoms with Crippen molar-refractivity contribution < 1.29 is 0 Å². The van der Waals surface area contributed by atoms with Crippen LogP contribution in [0.2, 0.25) is 0 Å². The first-order valence-corrected chi connectivity index (χ1v) is 12.8. The third kappa shape index (κ3) is 4.32. The van der Waals surface area contributed by atoms with E-state index in [1.54, 1.807) is 0 Å². The van der Waals surface area contributed by atoms with Crippen molar-refractivity contribution in [1.82, 2.24) is 9.88 Å². The zero-order valence-electron chi connectivity index (χ0n) is 20.4. The van der Waals surface area contributed by atoms with E-state index >= 15 is 0 Å². The standard InChI is InChI=1S/C31H35N3/c1-4-25-14-16-26(17-15-25)30-24(3)34(31(33-30)18-7-5-8-19-31)22-23(2)27-11-10-12-28(21-27)29-13-6-9-20-32-29/h6,9,11,13-17,20-21H,2-5,7-8,10,12,18-19,22H2,1H3. The maximum absolute atomic E-state index is 5.39. The first-order chi connectivity index (χ1) is 16.6. The quantitative estimate of drug-likeness (QED) is 0.463. The van der Waals surface area contributed by atoms with Crippen LogP contribution in [0.5, 0.6) is 0 Å². The highest BCUT2D eigenvalue weighted by Crippen LogP contribution is 2.43. The second-order valence-corrected chi connectivity index (χ2v) is 9.77. The van der Waals surface area contributed by atoms with Crippen LogP contribution in [0.25, 0.3) is 5.57 Å². The minimum absolute atomic E-state index is 0.181. The Morgan fingerprint density at radius 3 is 2.56 bits per heavy atom. The smallest absolute Gasteiger partial charge is 0.133 e. The van der Waals surface area contributed by atoms with E-state index in [1.807, 2.05) is 12.3 Å². The van der Waals surface area contributed by atoms with Crippen molar-refractivity contribution >= 4 is 11.3 Å². The highest BCUT2D eigenvalue weighted by atomic mass is 15.3. The summed E-state index contributed by atoms with van der Waals surface area (Å²) >= 11 is 0. The van der Waals surface area contributed by atoms with Crippen molar-refractivity contribution in [2.24, 2.45) is 4.99 Å². The van der Waals surface area contributed by atoms with E-state index in [1.165, 1.54) is 41.5 Å². The molecule has 5 rings (SSSR count). The Labute approximate surface area is 204 Å². The van der Waals surface area contributed by atoms with Gasteiger partial charge in [0.05, 0.1) is 17.1 Å². The number of benzene rings is 1. The zero-order valence-corrected chi connectivity index (χ0v) is 20.4. The topological polar surface area (TPSA) is 28.5 Å². The molecule has 174 valence electrons. The second-order valence-electron chi connectivity index (χ2n) is 9.77. The van der Waals surface area contributed by atoms with E-state index in [2.05, 4.69) is 78.5 Å². The van der Waals surface area contributed by atoms with Crippen molar-refractivity contribution in [3.8, 4) is 0 Å². The Kier molecular flexibility index (Phi) is 6.36. The Hall–Kier alpha value is -3.20. The summed E-state index contributed by atoms with van der Waals surface area (Å²) in [5.41, 5.74) is 9.16. The van der Waals surface area contributed by atoms with Gasteiger partial charge in [-0.2, -0.15) is 0 Å². The van der Waals surface area contributed by atoms with Crippen molar-refractivity contribution in [2.45, 2.75) is 64.0 Å². The lowest BCUT2D eigenvalue weighted by molar-refractivity contribution is 0.121. The SMILES string of the molecule is C=C(CN1C(=C)C(c2ccc(CC)cc2)=NC12CCCCC2)C1=CCCC(c2ccccn2)=C1. The molecule has 1 aromatic heterocycles. The first kappa shape index (κ1) is 22.6. The molecule has 1 fully saturated rings. The molecule has 1 spiro atoms. The summed E-state index contributed by atoms with van der Waals surface area (Å²) in [7, 11) is 0. The number of aliphatic imine (C=N–C) groups is 1. The van der Waals surface area contributed by atoms with Gasteiger partial charge in [-0.3, -0.25) is 9.98 Å². The van der Waals surface area contributed by atoms with Gasteiger partial charge < -0.3 is 4.90 Å². The van der Waals surface area contributed by atoms with Gasteiger partial charge in [0.2, 0.25) is 0 Å². The minimum atomic E-state index is -0.181. The van der Waals surface area contributed by atoms with Gasteiger partial charge in [-0.1, -0.05) is 62.9 Å². The summed E-state index contributed by atoms with van der Waals surface area (Å²) in [5.74, 6) is 0. The fraction of sp³-hybridized carbons (Fsp3) is 0.355. The highest BCUT2D eigenvalue weighted by Gasteiger charge is 2.44. The number of aryl methyl sites for hydroxylation is 1. The van der Waals surface area contributed by atoms with Gasteiger partial charge in [0, 0.05) is 18.3 Å². The molecule has 0 saturated heterocycles. The van der Waals surface area contributed by atoms with Crippen LogP contribution < -0.4 is 0 Å². The molecule has 0 bridgehead atoms. The maximum atomic E-state index is 5.39. The van der Waals surface area contributed by atoms with Gasteiger partial charge in [0.1, 0.15) is 5.66 Å². The molecule has 3 aliphatic rings. The van der Waals surface area contributed by atoms with Gasteiger partial charge in [-0.15, -0.1) is 0 Å². The largest absolute Gasteiger partial charge is 0.341 e. The van der Waals surface area contributed by atoms with Gasteiger partial charge in [-0.05, 0) is 85.4 Å². The van der Waals surface area contributed by atoms with Crippen molar-refractivity contribution in [2.75, 3.05) is 6.54 Å². The average Bonchev–Trinajstić information content (AvgIpc) is 3.15. The third-order valence-corrected chi connectivity index (χ3v) is 7.57. The number of hydrogen-bond acceptors (Lipinski definition) is 3. The van der Waals surface area contributed by atoms with Crippen LogP contribution in [0.4, 0.5) is 0 Å². The summed E-state index contributed by atoms with van der Waals surface area (Å²) in [6, 6.07) is 15.0. The van der Waals surface area contributed by atoms with Crippen LogP contribution in [-0.2, 0) is 6.42 Å². The zero-order chi connectivity index (χ0) is 23.5. The molecule has 1 aliphatic heterocycles. The predicted molar refractivity (Wildman–Crippen MR) is 143 cm³/mol. The van der Waals surface area contributed by atoms with Gasteiger partial charge in [-0.25, -0.2) is 0 Å². The van der Waals surface area contributed by atoms with Crippen molar-refractivity contribution in [3.05, 3.63) is 108 Å². The minimum Gasteiger partial charge on any atom is -0.341 e. The van der Waals surface area contributed by atoms with E-state index in [-0.39, 0.29) is 5.66 Å². The maximum Gasteiger partial charge on any atom is 0.133 e. The molecule has 0 amide bonds. The number of allylic oxidation sites excluding steroid dienone is 4. The highest BCUT2D eigenvalue weighted by molar-refractivity contribution is 6.13. The molecule has 0 N–H and O–H groups in total. The lowest BCUT2D eigenvalue weighted by Gasteiger charge is -2.41. The Bertz CT molecular complexity index is 1160. The van der Waals surface area contributed by atoms with E-state index in [0.29, 0.717) is 0 Å². The van der Waals surface area contributed by atoms with Gasteiger partial charge in [0.25, 0.3) is 0 Å². The number of pyridine rings is 1. The van der Waals surface area contributed by atoms with E-state index < -0.39 is 0 Å². The molecule has 3 heteroatoms. The van der Waals surface area contributed by atoms with Crippen LogP contribution in [0.15, 0.2) is 95.8 Å². The summed E-state index contributed by atoms with van der Waals surface area (Å²) in [6.07, 6.45) is 15.5. The number of nitrogens with zero attached hydrogens (tertiary/aromatic N) is 3. The van der Waals surface area contributed by atoms with E-state index in [9.17, 15) is 0 Å². The lowest BCUT2D eigenvalue weighted by Crippen LogP contribution is -2.45. The molecule has 2 aliphatic carbocycles.